The molecule has 4 unspecified atom stereocenters. The molecule has 0 N–H and O–H groups in total. The lowest BCUT2D eigenvalue weighted by molar-refractivity contribution is -0.152. The van der Waals surface area contributed by atoms with Crippen LogP contribution in [0.4, 0.5) is 0 Å². The molecule has 0 amide bonds. The number of rotatable bonds is 4. The molecule has 0 aromatic carbocycles. The molecule has 3 heterocycles. The molecule has 5 heteroatoms. The molecule has 3 aliphatic rings. The summed E-state index contributed by atoms with van der Waals surface area (Å²) in [6.45, 7) is 1.27. The van der Waals surface area contributed by atoms with Gasteiger partial charge in [-0.2, -0.15) is 0 Å². The van der Waals surface area contributed by atoms with Gasteiger partial charge >= 0.3 is 5.97 Å². The highest BCUT2D eigenvalue weighted by Crippen LogP contribution is 2.53. The van der Waals surface area contributed by atoms with Gasteiger partial charge in [0.05, 0.1) is 18.8 Å². The van der Waals surface area contributed by atoms with Crippen molar-refractivity contribution in [1.82, 2.24) is 0 Å². The van der Waals surface area contributed by atoms with Crippen LogP contribution in [-0.4, -0.2) is 47.7 Å². The summed E-state index contributed by atoms with van der Waals surface area (Å²) < 4.78 is 16.9. The van der Waals surface area contributed by atoms with Crippen LogP contribution in [0.2, 0.25) is 6.04 Å². The summed E-state index contributed by atoms with van der Waals surface area (Å²) in [5.41, 5.74) is -0.387. The SMILES string of the molecule is O=C1OCCC12CC1CC(OCCC[Si])C2O1. The Bertz CT molecular complexity index is 322. The topological polar surface area (TPSA) is 44.8 Å². The van der Waals surface area contributed by atoms with E-state index in [1.54, 1.807) is 0 Å². The van der Waals surface area contributed by atoms with Crippen LogP contribution < -0.4 is 0 Å². The smallest absolute Gasteiger partial charge is 0.315 e. The van der Waals surface area contributed by atoms with Gasteiger partial charge in [-0.15, -0.1) is 0 Å². The van der Waals surface area contributed by atoms with Gasteiger partial charge in [-0.25, -0.2) is 0 Å². The van der Waals surface area contributed by atoms with E-state index in [9.17, 15) is 4.79 Å². The first-order valence-electron chi connectivity index (χ1n) is 6.35. The van der Waals surface area contributed by atoms with Gasteiger partial charge in [-0.05, 0) is 12.8 Å². The van der Waals surface area contributed by atoms with E-state index in [1.807, 2.05) is 0 Å². The number of ether oxygens (including phenoxy) is 3. The van der Waals surface area contributed by atoms with Crippen molar-refractivity contribution in [2.45, 2.75) is 50.0 Å². The lowest BCUT2D eigenvalue weighted by atomic mass is 9.72. The summed E-state index contributed by atoms with van der Waals surface area (Å²) in [5, 5.41) is 0. The molecular formula is C12H17O4Si. The van der Waals surface area contributed by atoms with Crippen LogP contribution in [0, 0.1) is 5.41 Å². The minimum Gasteiger partial charge on any atom is -0.465 e. The summed E-state index contributed by atoms with van der Waals surface area (Å²) in [5.74, 6) is -0.0709. The van der Waals surface area contributed by atoms with E-state index in [0.717, 1.165) is 38.3 Å². The van der Waals surface area contributed by atoms with Gasteiger partial charge in [-0.3, -0.25) is 4.79 Å². The van der Waals surface area contributed by atoms with Crippen molar-refractivity contribution in [3.63, 3.8) is 0 Å². The summed E-state index contributed by atoms with van der Waals surface area (Å²) in [6.07, 6.45) is 3.75. The third-order valence-corrected chi connectivity index (χ3v) is 4.50. The molecule has 0 aromatic heterocycles. The maximum Gasteiger partial charge on any atom is 0.315 e. The molecule has 93 valence electrons. The Labute approximate surface area is 104 Å². The number of carbonyl (C=O) groups is 1. The molecule has 3 radical (unpaired) electrons. The van der Waals surface area contributed by atoms with Crippen molar-refractivity contribution >= 4 is 16.2 Å². The van der Waals surface area contributed by atoms with Gasteiger partial charge in [0.25, 0.3) is 0 Å². The molecule has 0 aromatic rings. The Morgan fingerprint density at radius 2 is 2.41 bits per heavy atom. The standard InChI is InChI=1S/C12H17O4Si/c13-11-12(2-4-15-11)7-8-6-9(10(12)16-8)14-3-1-5-17/h8-10H,1-7H2. The maximum absolute atomic E-state index is 11.9. The highest BCUT2D eigenvalue weighted by atomic mass is 28.1. The zero-order valence-corrected chi connectivity index (χ0v) is 10.8. The van der Waals surface area contributed by atoms with Crippen molar-refractivity contribution in [2.24, 2.45) is 5.41 Å². The van der Waals surface area contributed by atoms with Crippen LogP contribution in [0.3, 0.4) is 0 Å². The third kappa shape index (κ3) is 1.75. The van der Waals surface area contributed by atoms with Crippen LogP contribution in [-0.2, 0) is 19.0 Å². The molecule has 4 nitrogen and oxygen atoms in total. The molecule has 17 heavy (non-hydrogen) atoms. The van der Waals surface area contributed by atoms with E-state index in [-0.39, 0.29) is 29.7 Å². The highest BCUT2D eigenvalue weighted by molar-refractivity contribution is 6.08. The van der Waals surface area contributed by atoms with E-state index in [1.165, 1.54) is 0 Å². The Balaban J connectivity index is 1.68. The lowest BCUT2D eigenvalue weighted by Crippen LogP contribution is -2.45. The summed E-state index contributed by atoms with van der Waals surface area (Å²) in [7, 11) is 3.43. The zero-order chi connectivity index (χ0) is 11.9. The fourth-order valence-electron chi connectivity index (χ4n) is 3.35. The van der Waals surface area contributed by atoms with Gasteiger partial charge in [-0.1, -0.05) is 6.04 Å². The fourth-order valence-corrected chi connectivity index (χ4v) is 3.50. The first kappa shape index (κ1) is 11.7. The number of esters is 1. The van der Waals surface area contributed by atoms with E-state index in [4.69, 9.17) is 14.2 Å². The van der Waals surface area contributed by atoms with E-state index in [0.29, 0.717) is 6.61 Å². The van der Waals surface area contributed by atoms with Gasteiger partial charge in [0.15, 0.2) is 0 Å². The minimum absolute atomic E-state index is 0.0709. The molecule has 2 bridgehead atoms. The molecule has 1 spiro atoms. The number of cyclic esters (lactones) is 1. The lowest BCUT2D eigenvalue weighted by Gasteiger charge is -2.32. The van der Waals surface area contributed by atoms with Crippen molar-refractivity contribution in [2.75, 3.05) is 13.2 Å². The third-order valence-electron chi connectivity index (χ3n) is 4.15. The Kier molecular flexibility index (Phi) is 3.00. The van der Waals surface area contributed by atoms with E-state index in [2.05, 4.69) is 10.2 Å². The molecule has 0 saturated carbocycles. The fraction of sp³-hybridized carbons (Fsp3) is 0.917. The summed E-state index contributed by atoms with van der Waals surface area (Å²) >= 11 is 0. The summed E-state index contributed by atoms with van der Waals surface area (Å²) in [6, 6.07) is 0.939. The molecule has 3 aliphatic heterocycles. The second-order valence-electron chi connectivity index (χ2n) is 5.17. The normalized spacial score (nSPS) is 43.6. The van der Waals surface area contributed by atoms with Crippen LogP contribution in [0.5, 0.6) is 0 Å². The molecule has 4 atom stereocenters. The van der Waals surface area contributed by atoms with Crippen LogP contribution in [0.25, 0.3) is 0 Å². The largest absolute Gasteiger partial charge is 0.465 e. The van der Waals surface area contributed by atoms with Crippen LogP contribution in [0.15, 0.2) is 0 Å². The second-order valence-corrected chi connectivity index (χ2v) is 5.67. The monoisotopic (exact) mass is 253 g/mol. The predicted molar refractivity (Wildman–Crippen MR) is 60.8 cm³/mol. The average molecular weight is 253 g/mol. The average Bonchev–Trinajstić information content (AvgIpc) is 2.96. The summed E-state index contributed by atoms with van der Waals surface area (Å²) in [4.78, 5) is 11.9. The van der Waals surface area contributed by atoms with Gasteiger partial charge in [0.2, 0.25) is 0 Å². The van der Waals surface area contributed by atoms with Gasteiger partial charge in [0.1, 0.15) is 11.5 Å². The first-order chi connectivity index (χ1) is 8.26. The van der Waals surface area contributed by atoms with Crippen LogP contribution in [0.1, 0.15) is 25.7 Å². The minimum atomic E-state index is -0.387. The first-order valence-corrected chi connectivity index (χ1v) is 7.06. The maximum atomic E-state index is 11.9. The van der Waals surface area contributed by atoms with Crippen molar-refractivity contribution < 1.29 is 19.0 Å². The van der Waals surface area contributed by atoms with Gasteiger partial charge < -0.3 is 14.2 Å². The Morgan fingerprint density at radius 3 is 3.06 bits per heavy atom. The predicted octanol–water partition coefficient (Wildman–Crippen LogP) is 0.843. The van der Waals surface area contributed by atoms with E-state index < -0.39 is 0 Å². The number of hydrogen-bond donors (Lipinski definition) is 0. The van der Waals surface area contributed by atoms with E-state index >= 15 is 0 Å². The van der Waals surface area contributed by atoms with Crippen molar-refractivity contribution in [1.29, 1.82) is 0 Å². The van der Waals surface area contributed by atoms with Crippen molar-refractivity contribution in [3.8, 4) is 0 Å². The number of carbonyl (C=O) groups excluding carboxylic acids is 1. The molecule has 3 saturated heterocycles. The van der Waals surface area contributed by atoms with Gasteiger partial charge in [0, 0.05) is 29.7 Å². The molecule has 3 fully saturated rings. The number of fused-ring (bicyclic) bond motifs is 3. The molecule has 0 aliphatic carbocycles. The second kappa shape index (κ2) is 4.37. The molecule has 3 rings (SSSR count). The Morgan fingerprint density at radius 1 is 1.53 bits per heavy atom. The zero-order valence-electron chi connectivity index (χ0n) is 9.81. The highest BCUT2D eigenvalue weighted by Gasteiger charge is 2.64. The number of hydrogen-bond acceptors (Lipinski definition) is 4. The Hall–Kier alpha value is -0.393. The van der Waals surface area contributed by atoms with Crippen LogP contribution >= 0.6 is 0 Å². The van der Waals surface area contributed by atoms with Crippen molar-refractivity contribution in [3.05, 3.63) is 0 Å². The quantitative estimate of drug-likeness (QED) is 0.423. The molecular weight excluding hydrogens is 236 g/mol.